The highest BCUT2D eigenvalue weighted by Crippen LogP contribution is 2.32. The van der Waals surface area contributed by atoms with Crippen molar-refractivity contribution >= 4 is 11.7 Å². The number of likely N-dealkylation sites (tertiary alicyclic amines) is 1. The maximum atomic E-state index is 13.9. The quantitative estimate of drug-likeness (QED) is 0.592. The number of carbonyl (C=O) groups is 1. The van der Waals surface area contributed by atoms with Gasteiger partial charge in [0.05, 0.1) is 17.9 Å². The second-order valence-corrected chi connectivity index (χ2v) is 11.2. The SMILES string of the molecule is C=C1/C=C(/C)CCC(C)C(N2CCC3(CC2)NCCN(Cc2nn(C)cc2-c2cccc(C(F)F)c2)C3=O)=N1. The number of amidine groups is 1. The zero-order valence-electron chi connectivity index (χ0n) is 23.1. The number of amides is 1. The summed E-state index contributed by atoms with van der Waals surface area (Å²) in [6, 6.07) is 6.39. The fourth-order valence-corrected chi connectivity index (χ4v) is 6.09. The molecule has 1 aromatic heterocycles. The predicted octanol–water partition coefficient (Wildman–Crippen LogP) is 5.08. The molecular weight excluding hydrogens is 498 g/mol. The first kappa shape index (κ1) is 27.2. The lowest BCUT2D eigenvalue weighted by Crippen LogP contribution is -2.67. The van der Waals surface area contributed by atoms with Crippen LogP contribution in [0.1, 0.15) is 57.2 Å². The summed E-state index contributed by atoms with van der Waals surface area (Å²) in [6.07, 6.45) is 4.84. The van der Waals surface area contributed by atoms with Gasteiger partial charge in [0.15, 0.2) is 0 Å². The van der Waals surface area contributed by atoms with Crippen LogP contribution in [0, 0.1) is 5.92 Å². The summed E-state index contributed by atoms with van der Waals surface area (Å²) < 4.78 is 28.4. The van der Waals surface area contributed by atoms with Crippen LogP contribution in [-0.2, 0) is 18.4 Å². The third kappa shape index (κ3) is 5.69. The highest BCUT2D eigenvalue weighted by Gasteiger charge is 2.46. The highest BCUT2D eigenvalue weighted by atomic mass is 19.3. The van der Waals surface area contributed by atoms with Gasteiger partial charge < -0.3 is 15.1 Å². The fourth-order valence-electron chi connectivity index (χ4n) is 6.09. The van der Waals surface area contributed by atoms with E-state index in [4.69, 9.17) is 4.99 Å². The summed E-state index contributed by atoms with van der Waals surface area (Å²) in [6.45, 7) is 11.6. The van der Waals surface area contributed by atoms with E-state index in [1.807, 2.05) is 24.2 Å². The number of aliphatic imine (C=N–C) groups is 1. The number of nitrogens with one attached hydrogen (secondary N) is 1. The van der Waals surface area contributed by atoms with E-state index in [1.165, 1.54) is 17.7 Å². The average Bonchev–Trinajstić information content (AvgIpc) is 3.28. The Bertz CT molecular complexity index is 1300. The second kappa shape index (κ2) is 11.0. The topological polar surface area (TPSA) is 65.8 Å². The molecule has 3 aliphatic rings. The number of aromatic nitrogens is 2. The molecule has 4 heterocycles. The van der Waals surface area contributed by atoms with Crippen molar-refractivity contribution in [3.8, 4) is 11.1 Å². The molecule has 1 spiro atoms. The molecule has 1 aromatic carbocycles. The zero-order chi connectivity index (χ0) is 27.7. The van der Waals surface area contributed by atoms with Gasteiger partial charge in [-0.25, -0.2) is 13.8 Å². The molecule has 0 radical (unpaired) electrons. The van der Waals surface area contributed by atoms with E-state index >= 15 is 0 Å². The van der Waals surface area contributed by atoms with Crippen LogP contribution in [0.2, 0.25) is 0 Å². The van der Waals surface area contributed by atoms with Crippen LogP contribution in [0.5, 0.6) is 0 Å². The number of hydrogen-bond acceptors (Lipinski definition) is 5. The molecule has 2 fully saturated rings. The van der Waals surface area contributed by atoms with E-state index in [1.54, 1.807) is 10.7 Å². The van der Waals surface area contributed by atoms with Gasteiger partial charge in [0.25, 0.3) is 6.43 Å². The van der Waals surface area contributed by atoms with Crippen LogP contribution in [-0.4, -0.2) is 63.0 Å². The molecule has 1 atom stereocenters. The van der Waals surface area contributed by atoms with Gasteiger partial charge in [-0.15, -0.1) is 0 Å². The minimum absolute atomic E-state index is 0.0239. The van der Waals surface area contributed by atoms with E-state index in [2.05, 4.69) is 41.8 Å². The van der Waals surface area contributed by atoms with E-state index < -0.39 is 12.0 Å². The summed E-state index contributed by atoms with van der Waals surface area (Å²) in [5, 5.41) is 8.16. The van der Waals surface area contributed by atoms with Gasteiger partial charge in [-0.1, -0.05) is 37.3 Å². The minimum Gasteiger partial charge on any atom is -0.360 e. The van der Waals surface area contributed by atoms with Crippen LogP contribution in [0.25, 0.3) is 11.1 Å². The van der Waals surface area contributed by atoms with Crippen LogP contribution in [0.3, 0.4) is 0 Å². The van der Waals surface area contributed by atoms with Crippen molar-refractivity contribution < 1.29 is 13.6 Å². The number of nitrogens with zero attached hydrogens (tertiary/aromatic N) is 5. The Morgan fingerprint density at radius 3 is 2.74 bits per heavy atom. The minimum atomic E-state index is -2.54. The Labute approximate surface area is 229 Å². The van der Waals surface area contributed by atoms with Gasteiger partial charge in [-0.2, -0.15) is 5.10 Å². The number of hydrogen-bond donors (Lipinski definition) is 1. The second-order valence-electron chi connectivity index (χ2n) is 11.2. The van der Waals surface area contributed by atoms with Gasteiger partial charge in [0, 0.05) is 56.5 Å². The molecule has 5 rings (SSSR count). The van der Waals surface area contributed by atoms with Gasteiger partial charge >= 0.3 is 0 Å². The number of halogens is 2. The van der Waals surface area contributed by atoms with Gasteiger partial charge in [-0.3, -0.25) is 9.48 Å². The summed E-state index contributed by atoms with van der Waals surface area (Å²) in [4.78, 5) is 23.0. The summed E-state index contributed by atoms with van der Waals surface area (Å²) in [7, 11) is 1.81. The van der Waals surface area contributed by atoms with Crippen molar-refractivity contribution in [2.45, 2.75) is 58.0 Å². The molecule has 0 saturated carbocycles. The summed E-state index contributed by atoms with van der Waals surface area (Å²) >= 11 is 0. The smallest absolute Gasteiger partial charge is 0.263 e. The first-order valence-corrected chi connectivity index (χ1v) is 13.8. The lowest BCUT2D eigenvalue weighted by atomic mass is 9.83. The molecule has 7 nitrogen and oxygen atoms in total. The van der Waals surface area contributed by atoms with Crippen molar-refractivity contribution in [3.63, 3.8) is 0 Å². The average molecular weight is 537 g/mol. The largest absolute Gasteiger partial charge is 0.360 e. The zero-order valence-corrected chi connectivity index (χ0v) is 23.1. The van der Waals surface area contributed by atoms with Crippen molar-refractivity contribution in [2.24, 2.45) is 18.0 Å². The molecule has 1 unspecified atom stereocenters. The van der Waals surface area contributed by atoms with Crippen molar-refractivity contribution in [1.29, 1.82) is 0 Å². The number of alkyl halides is 2. The van der Waals surface area contributed by atoms with Crippen LogP contribution in [0.4, 0.5) is 8.78 Å². The molecule has 3 aliphatic heterocycles. The standard InChI is InChI=1S/C30H38F2N6O/c1-20-8-9-21(2)28(34-22(3)16-20)37-13-10-30(11-14-37)29(39)38(15-12-33-30)19-26-25(18-36(4)35-26)23-6-5-7-24(17-23)27(31)32/h5-7,16-18,21,27,33H,3,8-15,19H2,1-2,4H3/b20-16-,34-28?. The number of allylic oxidation sites excluding steroid dienone is 2. The van der Waals surface area contributed by atoms with Gasteiger partial charge in [-0.05, 0) is 50.3 Å². The molecule has 2 saturated heterocycles. The maximum Gasteiger partial charge on any atom is 0.263 e. The number of aryl methyl sites for hydroxylation is 1. The third-order valence-corrected chi connectivity index (χ3v) is 8.26. The number of rotatable bonds is 4. The first-order chi connectivity index (χ1) is 18.6. The van der Waals surface area contributed by atoms with E-state index in [9.17, 15) is 13.6 Å². The molecule has 9 heteroatoms. The third-order valence-electron chi connectivity index (χ3n) is 8.26. The Balaban J connectivity index is 1.31. The van der Waals surface area contributed by atoms with Crippen molar-refractivity contribution in [3.05, 3.63) is 65.6 Å². The molecular formula is C30H38F2N6O. The van der Waals surface area contributed by atoms with Gasteiger partial charge in [0.2, 0.25) is 5.91 Å². The molecule has 208 valence electrons. The maximum absolute atomic E-state index is 13.9. The molecule has 39 heavy (non-hydrogen) atoms. The molecule has 1 amide bonds. The van der Waals surface area contributed by atoms with Crippen LogP contribution in [0.15, 0.2) is 59.4 Å². The monoisotopic (exact) mass is 536 g/mol. The Morgan fingerprint density at radius 1 is 1.23 bits per heavy atom. The van der Waals surface area contributed by atoms with Crippen molar-refractivity contribution in [1.82, 2.24) is 24.9 Å². The summed E-state index contributed by atoms with van der Waals surface area (Å²) in [5.74, 6) is 1.49. The Kier molecular flexibility index (Phi) is 7.71. The normalized spacial score (nSPS) is 23.5. The van der Waals surface area contributed by atoms with E-state index in [0.29, 0.717) is 49.7 Å². The lowest BCUT2D eigenvalue weighted by Gasteiger charge is -2.48. The molecule has 0 bridgehead atoms. The Hall–Kier alpha value is -3.33. The first-order valence-electron chi connectivity index (χ1n) is 13.8. The van der Waals surface area contributed by atoms with Crippen molar-refractivity contribution in [2.75, 3.05) is 26.2 Å². The number of carbonyl (C=O) groups excluding carboxylic acids is 1. The predicted molar refractivity (Wildman–Crippen MR) is 149 cm³/mol. The Morgan fingerprint density at radius 2 is 2.00 bits per heavy atom. The fraction of sp³-hybridized carbons (Fsp3) is 0.500. The lowest BCUT2D eigenvalue weighted by molar-refractivity contribution is -0.144. The van der Waals surface area contributed by atoms with Crippen LogP contribution < -0.4 is 5.32 Å². The molecule has 0 aliphatic carbocycles. The number of piperazine rings is 1. The number of benzene rings is 1. The van der Waals surface area contributed by atoms with E-state index in [0.717, 1.165) is 43.0 Å². The van der Waals surface area contributed by atoms with Crippen LogP contribution >= 0.6 is 0 Å². The van der Waals surface area contributed by atoms with Gasteiger partial charge in [0.1, 0.15) is 11.4 Å². The summed E-state index contributed by atoms with van der Waals surface area (Å²) in [5.41, 5.74) is 3.63. The molecule has 2 aromatic rings. The number of piperidine rings is 1. The highest BCUT2D eigenvalue weighted by molar-refractivity contribution is 5.89. The molecule has 1 N–H and O–H groups in total. The van der Waals surface area contributed by atoms with E-state index in [-0.39, 0.29) is 11.5 Å².